The molecule has 0 spiro atoms. The van der Waals surface area contributed by atoms with Crippen molar-refractivity contribution in [3.63, 3.8) is 0 Å². The molecule has 2 rings (SSSR count). The molecule has 1 N–H and O–H groups in total. The monoisotopic (exact) mass is 366 g/mol. The standard InChI is InChI=1S/C20H18N2O5/c1-25-17-7-3-14(4-8-17)11-15(12-21)20(24)27-13-19(23)22-16-5-9-18(26-2)10-6-16/h3-11H,13H2,1-2H3,(H,22,23)/b15-11-. The molecule has 0 aliphatic heterocycles. The van der Waals surface area contributed by atoms with E-state index in [-0.39, 0.29) is 5.57 Å². The van der Waals surface area contributed by atoms with Gasteiger partial charge in [-0.15, -0.1) is 0 Å². The van der Waals surface area contributed by atoms with Gasteiger partial charge in [0.05, 0.1) is 14.2 Å². The molecule has 0 radical (unpaired) electrons. The van der Waals surface area contributed by atoms with E-state index < -0.39 is 18.5 Å². The van der Waals surface area contributed by atoms with Gasteiger partial charge in [0.15, 0.2) is 6.61 Å². The predicted molar refractivity (Wildman–Crippen MR) is 99.2 cm³/mol. The number of rotatable bonds is 7. The first-order chi connectivity index (χ1) is 13.0. The molecule has 0 saturated heterocycles. The third-order valence-electron chi connectivity index (χ3n) is 3.48. The number of nitrogens with one attached hydrogen (secondary N) is 1. The zero-order valence-corrected chi connectivity index (χ0v) is 14.9. The Labute approximate surface area is 156 Å². The van der Waals surface area contributed by atoms with Crippen LogP contribution in [0.1, 0.15) is 5.56 Å². The first-order valence-corrected chi connectivity index (χ1v) is 7.92. The summed E-state index contributed by atoms with van der Waals surface area (Å²) >= 11 is 0. The number of methoxy groups -OCH3 is 2. The number of ether oxygens (including phenoxy) is 3. The molecule has 0 aliphatic rings. The first-order valence-electron chi connectivity index (χ1n) is 7.92. The maximum Gasteiger partial charge on any atom is 0.349 e. The van der Waals surface area contributed by atoms with Crippen LogP contribution < -0.4 is 14.8 Å². The molecule has 0 aromatic heterocycles. The van der Waals surface area contributed by atoms with Crippen LogP contribution in [0.4, 0.5) is 5.69 Å². The van der Waals surface area contributed by atoms with Crippen LogP contribution >= 0.6 is 0 Å². The van der Waals surface area contributed by atoms with Gasteiger partial charge in [0, 0.05) is 5.69 Å². The molecule has 2 aromatic carbocycles. The topological polar surface area (TPSA) is 97.6 Å². The number of nitrogens with zero attached hydrogens (tertiary/aromatic N) is 1. The number of carbonyl (C=O) groups is 2. The normalized spacial score (nSPS) is 10.5. The summed E-state index contributed by atoms with van der Waals surface area (Å²) < 4.78 is 15.0. The summed E-state index contributed by atoms with van der Waals surface area (Å²) in [6, 6.07) is 15.3. The zero-order valence-electron chi connectivity index (χ0n) is 14.9. The lowest BCUT2D eigenvalue weighted by atomic mass is 10.1. The molecular weight excluding hydrogens is 348 g/mol. The number of carbonyl (C=O) groups excluding carboxylic acids is 2. The molecule has 0 unspecified atom stereocenters. The van der Waals surface area contributed by atoms with Crippen molar-refractivity contribution < 1.29 is 23.8 Å². The van der Waals surface area contributed by atoms with Gasteiger partial charge in [0.25, 0.3) is 5.91 Å². The highest BCUT2D eigenvalue weighted by atomic mass is 16.5. The number of hydrogen-bond acceptors (Lipinski definition) is 6. The molecular formula is C20H18N2O5. The van der Waals surface area contributed by atoms with Gasteiger partial charge in [0.1, 0.15) is 23.1 Å². The van der Waals surface area contributed by atoms with Crippen molar-refractivity contribution in [3.05, 3.63) is 59.7 Å². The molecule has 0 fully saturated rings. The van der Waals surface area contributed by atoms with Crippen molar-refractivity contribution in [3.8, 4) is 17.6 Å². The maximum absolute atomic E-state index is 12.0. The Hall–Kier alpha value is -3.79. The van der Waals surface area contributed by atoms with E-state index in [4.69, 9.17) is 19.5 Å². The molecule has 0 bridgehead atoms. The smallest absolute Gasteiger partial charge is 0.349 e. The lowest BCUT2D eigenvalue weighted by Gasteiger charge is -2.07. The van der Waals surface area contributed by atoms with Gasteiger partial charge in [-0.05, 0) is 48.0 Å². The molecule has 0 atom stereocenters. The van der Waals surface area contributed by atoms with Crippen molar-refractivity contribution in [2.75, 3.05) is 26.1 Å². The Morgan fingerprint density at radius 3 is 2.07 bits per heavy atom. The molecule has 0 saturated carbocycles. The SMILES string of the molecule is COc1ccc(/C=C(/C#N)C(=O)OCC(=O)Nc2ccc(OC)cc2)cc1. The van der Waals surface area contributed by atoms with Gasteiger partial charge in [-0.25, -0.2) is 4.79 Å². The number of hydrogen-bond donors (Lipinski definition) is 1. The number of esters is 1. The lowest BCUT2D eigenvalue weighted by Crippen LogP contribution is -2.21. The summed E-state index contributed by atoms with van der Waals surface area (Å²) in [5.41, 5.74) is 0.954. The summed E-state index contributed by atoms with van der Waals surface area (Å²) in [6.45, 7) is -0.507. The maximum atomic E-state index is 12.0. The molecule has 0 heterocycles. The minimum Gasteiger partial charge on any atom is -0.497 e. The highest BCUT2D eigenvalue weighted by Gasteiger charge is 2.13. The Morgan fingerprint density at radius 1 is 1.00 bits per heavy atom. The van der Waals surface area contributed by atoms with Crippen molar-refractivity contribution in [2.24, 2.45) is 0 Å². The van der Waals surface area contributed by atoms with Crippen molar-refractivity contribution in [2.45, 2.75) is 0 Å². The average molecular weight is 366 g/mol. The van der Waals surface area contributed by atoms with Crippen LogP contribution in [0.2, 0.25) is 0 Å². The lowest BCUT2D eigenvalue weighted by molar-refractivity contribution is -0.142. The van der Waals surface area contributed by atoms with Gasteiger partial charge in [-0.1, -0.05) is 12.1 Å². The molecule has 1 amide bonds. The van der Waals surface area contributed by atoms with Crippen LogP contribution in [0, 0.1) is 11.3 Å². The van der Waals surface area contributed by atoms with Crippen LogP contribution in [-0.4, -0.2) is 32.7 Å². The first kappa shape index (κ1) is 19.5. The summed E-state index contributed by atoms with van der Waals surface area (Å²) in [6.07, 6.45) is 1.38. The van der Waals surface area contributed by atoms with E-state index >= 15 is 0 Å². The highest BCUT2D eigenvalue weighted by Crippen LogP contribution is 2.16. The van der Waals surface area contributed by atoms with Crippen LogP contribution in [-0.2, 0) is 14.3 Å². The van der Waals surface area contributed by atoms with Crippen molar-refractivity contribution in [1.29, 1.82) is 5.26 Å². The van der Waals surface area contributed by atoms with E-state index in [1.165, 1.54) is 6.08 Å². The Kier molecular flexibility index (Phi) is 6.97. The van der Waals surface area contributed by atoms with E-state index in [9.17, 15) is 9.59 Å². The molecule has 7 heteroatoms. The Morgan fingerprint density at radius 2 is 1.56 bits per heavy atom. The van der Waals surface area contributed by atoms with Crippen LogP contribution in [0.15, 0.2) is 54.1 Å². The Bertz CT molecular complexity index is 865. The van der Waals surface area contributed by atoms with Crippen molar-refractivity contribution in [1.82, 2.24) is 0 Å². The van der Waals surface area contributed by atoms with Crippen molar-refractivity contribution >= 4 is 23.6 Å². The highest BCUT2D eigenvalue weighted by molar-refractivity contribution is 6.00. The van der Waals surface area contributed by atoms with Gasteiger partial charge in [0.2, 0.25) is 0 Å². The second-order valence-corrected chi connectivity index (χ2v) is 5.30. The van der Waals surface area contributed by atoms with E-state index in [0.29, 0.717) is 22.7 Å². The molecule has 27 heavy (non-hydrogen) atoms. The molecule has 2 aromatic rings. The summed E-state index contributed by atoms with van der Waals surface area (Å²) in [5.74, 6) is -0.0846. The second kappa shape index (κ2) is 9.63. The number of anilines is 1. The number of nitriles is 1. The predicted octanol–water partition coefficient (Wildman–Crippen LogP) is 2.79. The zero-order chi connectivity index (χ0) is 19.6. The second-order valence-electron chi connectivity index (χ2n) is 5.30. The van der Waals surface area contributed by atoms with E-state index in [1.807, 2.05) is 0 Å². The summed E-state index contributed by atoms with van der Waals surface area (Å²) in [4.78, 5) is 23.9. The third-order valence-corrected chi connectivity index (χ3v) is 3.48. The van der Waals surface area contributed by atoms with Gasteiger partial charge in [-0.2, -0.15) is 5.26 Å². The van der Waals surface area contributed by atoms with Crippen LogP contribution in [0.25, 0.3) is 6.08 Å². The summed E-state index contributed by atoms with van der Waals surface area (Å²) in [7, 11) is 3.08. The fraction of sp³-hybridized carbons (Fsp3) is 0.150. The number of amides is 1. The summed E-state index contributed by atoms with van der Waals surface area (Å²) in [5, 5.41) is 11.7. The van der Waals surface area contributed by atoms with E-state index in [2.05, 4.69) is 5.32 Å². The van der Waals surface area contributed by atoms with Gasteiger partial charge in [-0.3, -0.25) is 4.79 Å². The van der Waals surface area contributed by atoms with Gasteiger partial charge < -0.3 is 19.5 Å². The minimum atomic E-state index is -0.877. The van der Waals surface area contributed by atoms with E-state index in [1.54, 1.807) is 68.8 Å². The van der Waals surface area contributed by atoms with E-state index in [0.717, 1.165) is 0 Å². The Balaban J connectivity index is 1.92. The van der Waals surface area contributed by atoms with Crippen LogP contribution in [0.5, 0.6) is 11.5 Å². The largest absolute Gasteiger partial charge is 0.497 e. The minimum absolute atomic E-state index is 0.211. The van der Waals surface area contributed by atoms with Crippen LogP contribution in [0.3, 0.4) is 0 Å². The third kappa shape index (κ3) is 5.90. The van der Waals surface area contributed by atoms with Gasteiger partial charge >= 0.3 is 5.97 Å². The average Bonchev–Trinajstić information content (AvgIpc) is 2.71. The quantitative estimate of drug-likeness (QED) is 0.460. The fourth-order valence-electron chi connectivity index (χ4n) is 2.08. The molecule has 7 nitrogen and oxygen atoms in total. The number of benzene rings is 2. The molecule has 0 aliphatic carbocycles. The fourth-order valence-corrected chi connectivity index (χ4v) is 2.08. The molecule has 138 valence electrons.